The van der Waals surface area contributed by atoms with Gasteiger partial charge in [0.25, 0.3) is 0 Å². The predicted octanol–water partition coefficient (Wildman–Crippen LogP) is -0.817. The molecule has 11 heavy (non-hydrogen) atoms. The zero-order valence-corrected chi connectivity index (χ0v) is 6.46. The van der Waals surface area contributed by atoms with Gasteiger partial charge in [0.2, 0.25) is 5.91 Å². The molecule has 1 N–H and O–H groups in total. The largest absolute Gasteiger partial charge is 0.447 e. The third kappa shape index (κ3) is 1.26. The summed E-state index contributed by atoms with van der Waals surface area (Å²) in [5.74, 6) is -0.196. The van der Waals surface area contributed by atoms with E-state index in [4.69, 9.17) is 0 Å². The topological polar surface area (TPSA) is 58.6 Å². The summed E-state index contributed by atoms with van der Waals surface area (Å²) in [6.07, 6.45) is -0.446. The first-order chi connectivity index (χ1) is 5.16. The third-order valence-corrected chi connectivity index (χ3v) is 1.67. The average molecular weight is 158 g/mol. The molecular formula is C6H10N2O3. The van der Waals surface area contributed by atoms with Crippen LogP contribution in [-0.4, -0.2) is 43.6 Å². The van der Waals surface area contributed by atoms with Gasteiger partial charge in [-0.15, -0.1) is 0 Å². The SMILES string of the molecule is CNC(=O)C1COC(=O)N1C. The molecule has 5 heteroatoms. The highest BCUT2D eigenvalue weighted by Gasteiger charge is 2.34. The number of hydrogen-bond acceptors (Lipinski definition) is 3. The second kappa shape index (κ2) is 2.77. The summed E-state index contributed by atoms with van der Waals surface area (Å²) < 4.78 is 4.63. The highest BCUT2D eigenvalue weighted by atomic mass is 16.6. The van der Waals surface area contributed by atoms with Crippen LogP contribution in [0, 0.1) is 0 Å². The molecule has 0 bridgehead atoms. The number of ether oxygens (including phenoxy) is 1. The molecule has 1 unspecified atom stereocenters. The summed E-state index contributed by atoms with van der Waals surface area (Å²) in [5.41, 5.74) is 0. The molecule has 0 spiro atoms. The zero-order valence-electron chi connectivity index (χ0n) is 6.46. The van der Waals surface area contributed by atoms with Gasteiger partial charge in [-0.1, -0.05) is 0 Å². The van der Waals surface area contributed by atoms with Crippen LogP contribution in [0.2, 0.25) is 0 Å². The van der Waals surface area contributed by atoms with Crippen LogP contribution in [0.5, 0.6) is 0 Å². The molecule has 5 nitrogen and oxygen atoms in total. The maximum atomic E-state index is 11.0. The number of nitrogens with one attached hydrogen (secondary N) is 1. The maximum absolute atomic E-state index is 11.0. The van der Waals surface area contributed by atoms with E-state index in [9.17, 15) is 9.59 Å². The van der Waals surface area contributed by atoms with Gasteiger partial charge < -0.3 is 10.1 Å². The van der Waals surface area contributed by atoms with Crippen molar-refractivity contribution in [2.45, 2.75) is 6.04 Å². The molecule has 1 saturated heterocycles. The quantitative estimate of drug-likeness (QED) is 0.542. The fourth-order valence-corrected chi connectivity index (χ4v) is 0.909. The molecule has 0 aromatic carbocycles. The van der Waals surface area contributed by atoms with E-state index in [-0.39, 0.29) is 12.5 Å². The number of nitrogens with zero attached hydrogens (tertiary/aromatic N) is 1. The maximum Gasteiger partial charge on any atom is 0.410 e. The molecule has 1 fully saturated rings. The first-order valence-electron chi connectivity index (χ1n) is 3.28. The highest BCUT2D eigenvalue weighted by Crippen LogP contribution is 2.08. The molecule has 1 aliphatic rings. The number of carbonyl (C=O) groups excluding carboxylic acids is 2. The van der Waals surface area contributed by atoms with Gasteiger partial charge in [-0.2, -0.15) is 0 Å². The van der Waals surface area contributed by atoms with E-state index in [1.165, 1.54) is 19.0 Å². The van der Waals surface area contributed by atoms with Crippen molar-refractivity contribution in [2.24, 2.45) is 0 Å². The Hall–Kier alpha value is -1.26. The van der Waals surface area contributed by atoms with E-state index in [0.29, 0.717) is 0 Å². The number of hydrogen-bond donors (Lipinski definition) is 1. The van der Waals surface area contributed by atoms with Crippen LogP contribution in [0.4, 0.5) is 4.79 Å². The molecular weight excluding hydrogens is 148 g/mol. The van der Waals surface area contributed by atoms with Gasteiger partial charge in [-0.25, -0.2) is 4.79 Å². The van der Waals surface area contributed by atoms with E-state index in [1.807, 2.05) is 0 Å². The summed E-state index contributed by atoms with van der Waals surface area (Å²) in [4.78, 5) is 23.0. The summed E-state index contributed by atoms with van der Waals surface area (Å²) in [5, 5.41) is 2.45. The number of cyclic esters (lactones) is 1. The molecule has 0 aromatic rings. The Morgan fingerprint density at radius 3 is 2.82 bits per heavy atom. The number of rotatable bonds is 1. The van der Waals surface area contributed by atoms with E-state index in [1.54, 1.807) is 0 Å². The Bertz CT molecular complexity index is 192. The molecule has 1 aliphatic heterocycles. The van der Waals surface area contributed by atoms with Crippen LogP contribution in [0.25, 0.3) is 0 Å². The normalized spacial score (nSPS) is 23.3. The monoisotopic (exact) mass is 158 g/mol. The minimum Gasteiger partial charge on any atom is -0.447 e. The van der Waals surface area contributed by atoms with Crippen LogP contribution < -0.4 is 5.32 Å². The van der Waals surface area contributed by atoms with Gasteiger partial charge in [0, 0.05) is 14.1 Å². The van der Waals surface area contributed by atoms with Gasteiger partial charge in [-0.05, 0) is 0 Å². The standard InChI is InChI=1S/C6H10N2O3/c1-7-5(9)4-3-11-6(10)8(4)2/h4H,3H2,1-2H3,(H,7,9). The molecule has 62 valence electrons. The van der Waals surface area contributed by atoms with Crippen molar-refractivity contribution in [1.29, 1.82) is 0 Å². The van der Waals surface area contributed by atoms with Gasteiger partial charge >= 0.3 is 6.09 Å². The van der Waals surface area contributed by atoms with E-state index >= 15 is 0 Å². The summed E-state index contributed by atoms with van der Waals surface area (Å²) in [6.45, 7) is 0.148. The molecule has 0 aromatic heterocycles. The van der Waals surface area contributed by atoms with E-state index < -0.39 is 12.1 Å². The Morgan fingerprint density at radius 1 is 1.82 bits per heavy atom. The first-order valence-corrected chi connectivity index (χ1v) is 3.28. The third-order valence-electron chi connectivity index (χ3n) is 1.67. The Labute approximate surface area is 64.3 Å². The lowest BCUT2D eigenvalue weighted by molar-refractivity contribution is -0.124. The van der Waals surface area contributed by atoms with Crippen LogP contribution in [0.1, 0.15) is 0 Å². The predicted molar refractivity (Wildman–Crippen MR) is 37.0 cm³/mol. The van der Waals surface area contributed by atoms with Crippen LogP contribution in [0.15, 0.2) is 0 Å². The highest BCUT2D eigenvalue weighted by molar-refractivity contribution is 5.87. The summed E-state index contributed by atoms with van der Waals surface area (Å²) in [7, 11) is 3.06. The minimum atomic E-state index is -0.465. The van der Waals surface area contributed by atoms with Crippen molar-refractivity contribution in [3.63, 3.8) is 0 Å². The number of likely N-dealkylation sites (N-methyl/N-ethyl adjacent to an activating group) is 2. The first kappa shape index (κ1) is 7.84. The summed E-state index contributed by atoms with van der Waals surface area (Å²) in [6, 6.07) is -0.465. The van der Waals surface area contributed by atoms with Gasteiger partial charge in [0.15, 0.2) is 0 Å². The lowest BCUT2D eigenvalue weighted by atomic mass is 10.3. The fraction of sp³-hybridized carbons (Fsp3) is 0.667. The second-order valence-corrected chi connectivity index (χ2v) is 2.32. The molecule has 1 heterocycles. The Balaban J connectivity index is 2.61. The average Bonchev–Trinajstić information content (AvgIpc) is 2.32. The van der Waals surface area contributed by atoms with E-state index in [2.05, 4.69) is 10.1 Å². The van der Waals surface area contributed by atoms with Crippen LogP contribution in [-0.2, 0) is 9.53 Å². The molecule has 1 atom stereocenters. The smallest absolute Gasteiger partial charge is 0.410 e. The molecule has 2 amide bonds. The van der Waals surface area contributed by atoms with Gasteiger partial charge in [0.1, 0.15) is 12.6 Å². The van der Waals surface area contributed by atoms with Crippen molar-refractivity contribution < 1.29 is 14.3 Å². The van der Waals surface area contributed by atoms with Crippen LogP contribution in [0.3, 0.4) is 0 Å². The molecule has 0 aliphatic carbocycles. The number of amides is 2. The van der Waals surface area contributed by atoms with E-state index in [0.717, 1.165) is 0 Å². The minimum absolute atomic E-state index is 0.148. The van der Waals surface area contributed by atoms with Crippen LogP contribution >= 0.6 is 0 Å². The number of carbonyl (C=O) groups is 2. The fourth-order valence-electron chi connectivity index (χ4n) is 0.909. The Morgan fingerprint density at radius 2 is 2.45 bits per heavy atom. The van der Waals surface area contributed by atoms with Gasteiger partial charge in [0.05, 0.1) is 0 Å². The Kier molecular flexibility index (Phi) is 1.98. The van der Waals surface area contributed by atoms with Crippen molar-refractivity contribution in [3.8, 4) is 0 Å². The molecule has 1 rings (SSSR count). The van der Waals surface area contributed by atoms with Gasteiger partial charge in [-0.3, -0.25) is 9.69 Å². The summed E-state index contributed by atoms with van der Waals surface area (Å²) >= 11 is 0. The molecule has 0 radical (unpaired) electrons. The lowest BCUT2D eigenvalue weighted by Gasteiger charge is -2.13. The second-order valence-electron chi connectivity index (χ2n) is 2.32. The lowest BCUT2D eigenvalue weighted by Crippen LogP contribution is -2.42. The molecule has 0 saturated carbocycles. The van der Waals surface area contributed by atoms with Crippen molar-refractivity contribution >= 4 is 12.0 Å². The van der Waals surface area contributed by atoms with Crippen molar-refractivity contribution in [3.05, 3.63) is 0 Å². The van der Waals surface area contributed by atoms with Crippen molar-refractivity contribution in [2.75, 3.05) is 20.7 Å². The van der Waals surface area contributed by atoms with Crippen molar-refractivity contribution in [1.82, 2.24) is 10.2 Å². The zero-order chi connectivity index (χ0) is 8.43.